The Balaban J connectivity index is 1.48. The Morgan fingerprint density at radius 3 is 2.52 bits per heavy atom. The van der Waals surface area contributed by atoms with Gasteiger partial charge >= 0.3 is 0 Å². The fourth-order valence-corrected chi connectivity index (χ4v) is 3.87. The van der Waals surface area contributed by atoms with E-state index in [2.05, 4.69) is 15.1 Å². The maximum Gasteiger partial charge on any atom is 0.123 e. The van der Waals surface area contributed by atoms with E-state index in [4.69, 9.17) is 16.3 Å². The van der Waals surface area contributed by atoms with Gasteiger partial charge < -0.3 is 15.0 Å². The van der Waals surface area contributed by atoms with Crippen LogP contribution < -0.4 is 10.1 Å². The van der Waals surface area contributed by atoms with Gasteiger partial charge in [0.15, 0.2) is 0 Å². The van der Waals surface area contributed by atoms with Gasteiger partial charge in [-0.25, -0.2) is 0 Å². The third kappa shape index (κ3) is 4.83. The number of piperidine rings is 1. The predicted molar refractivity (Wildman–Crippen MR) is 95.3 cm³/mol. The Morgan fingerprint density at radius 2 is 1.83 bits per heavy atom. The lowest BCUT2D eigenvalue weighted by molar-refractivity contribution is 0.106. The summed E-state index contributed by atoms with van der Waals surface area (Å²) in [5.74, 6) is 1.82. The van der Waals surface area contributed by atoms with Gasteiger partial charge in [0.25, 0.3) is 0 Å². The first-order valence-corrected chi connectivity index (χ1v) is 9.10. The quantitative estimate of drug-likeness (QED) is 0.893. The van der Waals surface area contributed by atoms with Crippen molar-refractivity contribution >= 4 is 11.6 Å². The minimum atomic E-state index is 0.783. The third-order valence-electron chi connectivity index (χ3n) is 5.08. The number of hydrogen-bond donors (Lipinski definition) is 1. The first-order valence-electron chi connectivity index (χ1n) is 8.72. The van der Waals surface area contributed by atoms with Gasteiger partial charge in [0.1, 0.15) is 5.75 Å². The second kappa shape index (κ2) is 8.34. The molecule has 2 heterocycles. The number of halogens is 1. The van der Waals surface area contributed by atoms with E-state index in [0.717, 1.165) is 36.3 Å². The summed E-state index contributed by atoms with van der Waals surface area (Å²) in [6, 6.07) is 5.88. The predicted octanol–water partition coefficient (Wildman–Crippen LogP) is 2.47. The van der Waals surface area contributed by atoms with Crippen molar-refractivity contribution in [1.82, 2.24) is 15.1 Å². The fourth-order valence-electron chi connectivity index (χ4n) is 3.67. The Morgan fingerprint density at radius 1 is 1.13 bits per heavy atom. The zero-order chi connectivity index (χ0) is 16.1. The van der Waals surface area contributed by atoms with Crippen LogP contribution >= 0.6 is 11.6 Å². The Labute approximate surface area is 144 Å². The molecule has 4 nitrogen and oxygen atoms in total. The third-order valence-corrected chi connectivity index (χ3v) is 5.31. The van der Waals surface area contributed by atoms with Crippen LogP contribution in [-0.4, -0.2) is 62.7 Å². The van der Waals surface area contributed by atoms with Crippen molar-refractivity contribution < 1.29 is 4.74 Å². The molecule has 0 unspecified atom stereocenters. The number of benzene rings is 1. The second-order valence-electron chi connectivity index (χ2n) is 6.73. The molecule has 1 aromatic carbocycles. The standard InChI is InChI=1S/C18H28ClN3O/c1-23-18-3-2-17(19)12-16(18)14-22-10-8-21(9-11-22)13-15-4-6-20-7-5-15/h2-3,12,15,20H,4-11,13-14H2,1H3. The zero-order valence-corrected chi connectivity index (χ0v) is 14.8. The summed E-state index contributed by atoms with van der Waals surface area (Å²) in [7, 11) is 1.73. The number of ether oxygens (including phenoxy) is 1. The molecule has 0 amide bonds. The van der Waals surface area contributed by atoms with Crippen molar-refractivity contribution in [2.75, 3.05) is 52.9 Å². The molecule has 2 saturated heterocycles. The molecule has 1 N–H and O–H groups in total. The van der Waals surface area contributed by atoms with Gasteiger partial charge in [0, 0.05) is 49.9 Å². The molecule has 2 aliphatic rings. The highest BCUT2D eigenvalue weighted by Crippen LogP contribution is 2.24. The van der Waals surface area contributed by atoms with E-state index >= 15 is 0 Å². The summed E-state index contributed by atoms with van der Waals surface area (Å²) in [6.07, 6.45) is 2.67. The van der Waals surface area contributed by atoms with E-state index in [0.29, 0.717) is 0 Å². The Hall–Kier alpha value is -0.810. The molecule has 0 aromatic heterocycles. The SMILES string of the molecule is COc1ccc(Cl)cc1CN1CCN(CC2CCNCC2)CC1. The number of piperazine rings is 1. The Kier molecular flexibility index (Phi) is 6.17. The van der Waals surface area contributed by atoms with E-state index in [1.165, 1.54) is 51.1 Å². The van der Waals surface area contributed by atoms with Crippen molar-refractivity contribution in [2.45, 2.75) is 19.4 Å². The molecule has 0 saturated carbocycles. The molecule has 0 spiro atoms. The Bertz CT molecular complexity index is 497. The molecule has 2 fully saturated rings. The smallest absolute Gasteiger partial charge is 0.123 e. The molecular formula is C18H28ClN3O. The largest absolute Gasteiger partial charge is 0.496 e. The van der Waals surface area contributed by atoms with E-state index in [-0.39, 0.29) is 0 Å². The molecule has 0 radical (unpaired) electrons. The normalized spacial score (nSPS) is 21.5. The van der Waals surface area contributed by atoms with Crippen LogP contribution in [0.25, 0.3) is 0 Å². The molecule has 2 aliphatic heterocycles. The van der Waals surface area contributed by atoms with Gasteiger partial charge in [-0.05, 0) is 50.0 Å². The van der Waals surface area contributed by atoms with Crippen molar-refractivity contribution in [3.05, 3.63) is 28.8 Å². The molecular weight excluding hydrogens is 310 g/mol. The highest BCUT2D eigenvalue weighted by molar-refractivity contribution is 6.30. The average molecular weight is 338 g/mol. The lowest BCUT2D eigenvalue weighted by atomic mass is 9.97. The molecule has 0 aliphatic carbocycles. The van der Waals surface area contributed by atoms with Crippen LogP contribution in [-0.2, 0) is 6.54 Å². The molecule has 3 rings (SSSR count). The summed E-state index contributed by atoms with van der Waals surface area (Å²) in [5.41, 5.74) is 1.19. The van der Waals surface area contributed by atoms with Crippen LogP contribution in [0.1, 0.15) is 18.4 Å². The number of nitrogens with one attached hydrogen (secondary N) is 1. The highest BCUT2D eigenvalue weighted by Gasteiger charge is 2.22. The van der Waals surface area contributed by atoms with Gasteiger partial charge in [0.05, 0.1) is 7.11 Å². The first-order chi connectivity index (χ1) is 11.2. The summed E-state index contributed by atoms with van der Waals surface area (Å²) < 4.78 is 5.46. The fraction of sp³-hybridized carbons (Fsp3) is 0.667. The topological polar surface area (TPSA) is 27.7 Å². The van der Waals surface area contributed by atoms with Crippen LogP contribution in [0.3, 0.4) is 0 Å². The summed E-state index contributed by atoms with van der Waals surface area (Å²) in [4.78, 5) is 5.15. The zero-order valence-electron chi connectivity index (χ0n) is 14.1. The van der Waals surface area contributed by atoms with Crippen LogP contribution in [0.4, 0.5) is 0 Å². The maximum absolute atomic E-state index is 6.14. The minimum Gasteiger partial charge on any atom is -0.496 e. The van der Waals surface area contributed by atoms with Crippen molar-refractivity contribution in [3.63, 3.8) is 0 Å². The van der Waals surface area contributed by atoms with Crippen molar-refractivity contribution in [3.8, 4) is 5.75 Å². The van der Waals surface area contributed by atoms with Crippen LogP contribution in [0.5, 0.6) is 5.75 Å². The molecule has 23 heavy (non-hydrogen) atoms. The molecule has 5 heteroatoms. The van der Waals surface area contributed by atoms with E-state index in [1.54, 1.807) is 7.11 Å². The monoisotopic (exact) mass is 337 g/mol. The van der Waals surface area contributed by atoms with Gasteiger partial charge in [-0.3, -0.25) is 4.90 Å². The first kappa shape index (κ1) is 17.0. The lowest BCUT2D eigenvalue weighted by Crippen LogP contribution is -2.48. The summed E-state index contributed by atoms with van der Waals surface area (Å²) in [6.45, 7) is 9.18. The van der Waals surface area contributed by atoms with Crippen LogP contribution in [0.15, 0.2) is 18.2 Å². The minimum absolute atomic E-state index is 0.783. The lowest BCUT2D eigenvalue weighted by Gasteiger charge is -2.37. The van der Waals surface area contributed by atoms with Gasteiger partial charge in [-0.15, -0.1) is 0 Å². The highest BCUT2D eigenvalue weighted by atomic mass is 35.5. The molecule has 0 atom stereocenters. The maximum atomic E-state index is 6.14. The van der Waals surface area contributed by atoms with Crippen LogP contribution in [0, 0.1) is 5.92 Å². The molecule has 128 valence electrons. The van der Waals surface area contributed by atoms with E-state index in [9.17, 15) is 0 Å². The van der Waals surface area contributed by atoms with Crippen LogP contribution in [0.2, 0.25) is 5.02 Å². The molecule has 1 aromatic rings. The summed E-state index contributed by atoms with van der Waals surface area (Å²) >= 11 is 6.14. The van der Waals surface area contributed by atoms with Crippen molar-refractivity contribution in [2.24, 2.45) is 5.92 Å². The van der Waals surface area contributed by atoms with Gasteiger partial charge in [-0.2, -0.15) is 0 Å². The van der Waals surface area contributed by atoms with E-state index < -0.39 is 0 Å². The molecule has 0 bridgehead atoms. The van der Waals surface area contributed by atoms with E-state index in [1.807, 2.05) is 18.2 Å². The summed E-state index contributed by atoms with van der Waals surface area (Å²) in [5, 5.41) is 4.23. The van der Waals surface area contributed by atoms with Gasteiger partial charge in [-0.1, -0.05) is 11.6 Å². The number of nitrogens with zero attached hydrogens (tertiary/aromatic N) is 2. The number of hydrogen-bond acceptors (Lipinski definition) is 4. The second-order valence-corrected chi connectivity index (χ2v) is 7.16. The number of rotatable bonds is 5. The average Bonchev–Trinajstić information content (AvgIpc) is 2.58. The van der Waals surface area contributed by atoms with Crippen molar-refractivity contribution in [1.29, 1.82) is 0 Å². The van der Waals surface area contributed by atoms with Gasteiger partial charge in [0.2, 0.25) is 0 Å². The number of methoxy groups -OCH3 is 1.